The second-order valence-electron chi connectivity index (χ2n) is 6.61. The Morgan fingerprint density at radius 2 is 1.93 bits per heavy atom. The molecule has 1 aliphatic rings. The van der Waals surface area contributed by atoms with Crippen LogP contribution in [0.15, 0.2) is 42.7 Å². The highest BCUT2D eigenvalue weighted by Gasteiger charge is 2.11. The average Bonchev–Trinajstić information content (AvgIpc) is 2.71. The first kappa shape index (κ1) is 17.6. The van der Waals surface area contributed by atoms with Crippen LogP contribution in [0.2, 0.25) is 0 Å². The van der Waals surface area contributed by atoms with Gasteiger partial charge in [-0.05, 0) is 18.4 Å². The highest BCUT2D eigenvalue weighted by atomic mass is 16.5. The van der Waals surface area contributed by atoms with E-state index < -0.39 is 0 Å². The second kappa shape index (κ2) is 8.28. The zero-order valence-corrected chi connectivity index (χ0v) is 15.5. The van der Waals surface area contributed by atoms with Gasteiger partial charge in [0.15, 0.2) is 0 Å². The van der Waals surface area contributed by atoms with Crippen LogP contribution in [0.1, 0.15) is 5.56 Å². The number of hydrogen-bond acceptors (Lipinski definition) is 7. The Morgan fingerprint density at radius 1 is 1.07 bits per heavy atom. The summed E-state index contributed by atoms with van der Waals surface area (Å²) in [6.45, 7) is 7.44. The van der Waals surface area contributed by atoms with Crippen molar-refractivity contribution in [2.75, 3.05) is 50.0 Å². The minimum absolute atomic E-state index is 0.540. The van der Waals surface area contributed by atoms with E-state index in [-0.39, 0.29) is 0 Å². The molecule has 1 saturated heterocycles. The Bertz CT molecular complexity index is 905. The SMILES string of the molecule is Cc1cnc(Nc2nccc3ccccc23)nc1NCCN1CCOCC1. The van der Waals surface area contributed by atoms with Crippen molar-refractivity contribution >= 4 is 28.4 Å². The summed E-state index contributed by atoms with van der Waals surface area (Å²) >= 11 is 0. The average molecular weight is 364 g/mol. The fourth-order valence-electron chi connectivity index (χ4n) is 3.16. The smallest absolute Gasteiger partial charge is 0.230 e. The van der Waals surface area contributed by atoms with Crippen LogP contribution < -0.4 is 10.6 Å². The van der Waals surface area contributed by atoms with Gasteiger partial charge in [0.1, 0.15) is 11.6 Å². The normalized spacial score (nSPS) is 15.0. The van der Waals surface area contributed by atoms with E-state index in [0.717, 1.165) is 67.4 Å². The third-order valence-corrected chi connectivity index (χ3v) is 4.70. The first-order chi connectivity index (χ1) is 13.3. The number of ether oxygens (including phenoxy) is 1. The Balaban J connectivity index is 1.45. The number of aromatic nitrogens is 3. The number of nitrogens with one attached hydrogen (secondary N) is 2. The van der Waals surface area contributed by atoms with Crippen molar-refractivity contribution in [1.29, 1.82) is 0 Å². The maximum atomic E-state index is 5.39. The molecule has 1 aliphatic heterocycles. The van der Waals surface area contributed by atoms with Crippen molar-refractivity contribution in [3.63, 3.8) is 0 Å². The van der Waals surface area contributed by atoms with Gasteiger partial charge in [-0.2, -0.15) is 4.98 Å². The van der Waals surface area contributed by atoms with Gasteiger partial charge in [-0.3, -0.25) is 4.90 Å². The van der Waals surface area contributed by atoms with E-state index in [1.165, 1.54) is 0 Å². The quantitative estimate of drug-likeness (QED) is 0.696. The van der Waals surface area contributed by atoms with Crippen LogP contribution in [0.4, 0.5) is 17.6 Å². The summed E-state index contributed by atoms with van der Waals surface area (Å²) in [6, 6.07) is 10.1. The largest absolute Gasteiger partial charge is 0.379 e. The topological polar surface area (TPSA) is 75.2 Å². The fourth-order valence-corrected chi connectivity index (χ4v) is 3.16. The highest BCUT2D eigenvalue weighted by Crippen LogP contribution is 2.23. The van der Waals surface area contributed by atoms with E-state index in [1.54, 1.807) is 6.20 Å². The first-order valence-corrected chi connectivity index (χ1v) is 9.28. The first-order valence-electron chi connectivity index (χ1n) is 9.28. The van der Waals surface area contributed by atoms with E-state index in [0.29, 0.717) is 5.95 Å². The lowest BCUT2D eigenvalue weighted by atomic mass is 10.1. The van der Waals surface area contributed by atoms with Crippen LogP contribution in [-0.4, -0.2) is 59.2 Å². The summed E-state index contributed by atoms with van der Waals surface area (Å²) in [7, 11) is 0. The van der Waals surface area contributed by atoms with Crippen molar-refractivity contribution in [1.82, 2.24) is 19.9 Å². The number of benzene rings is 1. The Morgan fingerprint density at radius 3 is 2.81 bits per heavy atom. The molecule has 0 spiro atoms. The lowest BCUT2D eigenvalue weighted by molar-refractivity contribution is 0.0398. The molecule has 0 atom stereocenters. The molecule has 7 heteroatoms. The van der Waals surface area contributed by atoms with Crippen molar-refractivity contribution in [3.05, 3.63) is 48.3 Å². The molecule has 2 aromatic heterocycles. The summed E-state index contributed by atoms with van der Waals surface area (Å²) in [5.41, 5.74) is 1.02. The number of morpholine rings is 1. The summed E-state index contributed by atoms with van der Waals surface area (Å²) in [4.78, 5) is 15.9. The molecule has 1 aromatic carbocycles. The standard InChI is InChI=1S/C20H24N6O/c1-15-14-23-20(24-18(15)22-8-9-26-10-12-27-13-11-26)25-19-17-5-3-2-4-16(17)6-7-21-19/h2-7,14H,8-13H2,1H3,(H2,21,22,23,24,25). The summed E-state index contributed by atoms with van der Waals surface area (Å²) in [5.74, 6) is 2.15. The molecule has 7 nitrogen and oxygen atoms in total. The van der Waals surface area contributed by atoms with E-state index in [2.05, 4.69) is 36.6 Å². The lowest BCUT2D eigenvalue weighted by Crippen LogP contribution is -2.39. The predicted molar refractivity (Wildman–Crippen MR) is 108 cm³/mol. The van der Waals surface area contributed by atoms with E-state index >= 15 is 0 Å². The van der Waals surface area contributed by atoms with Gasteiger partial charge in [0, 0.05) is 49.5 Å². The number of nitrogens with zero attached hydrogens (tertiary/aromatic N) is 4. The number of pyridine rings is 1. The molecule has 3 aromatic rings. The van der Waals surface area contributed by atoms with Crippen LogP contribution in [0.25, 0.3) is 10.8 Å². The van der Waals surface area contributed by atoms with E-state index in [9.17, 15) is 0 Å². The van der Waals surface area contributed by atoms with Crippen LogP contribution in [-0.2, 0) is 4.74 Å². The van der Waals surface area contributed by atoms with Gasteiger partial charge in [-0.15, -0.1) is 0 Å². The summed E-state index contributed by atoms with van der Waals surface area (Å²) in [6.07, 6.45) is 3.62. The van der Waals surface area contributed by atoms with Gasteiger partial charge >= 0.3 is 0 Å². The highest BCUT2D eigenvalue weighted by molar-refractivity contribution is 5.92. The van der Waals surface area contributed by atoms with Gasteiger partial charge in [-0.1, -0.05) is 24.3 Å². The van der Waals surface area contributed by atoms with Gasteiger partial charge in [-0.25, -0.2) is 9.97 Å². The number of fused-ring (bicyclic) bond motifs is 1. The molecule has 0 amide bonds. The van der Waals surface area contributed by atoms with Gasteiger partial charge in [0.2, 0.25) is 5.95 Å². The number of hydrogen-bond donors (Lipinski definition) is 2. The molecule has 0 saturated carbocycles. The Kier molecular flexibility index (Phi) is 5.41. The van der Waals surface area contributed by atoms with Gasteiger partial charge < -0.3 is 15.4 Å². The van der Waals surface area contributed by atoms with Gasteiger partial charge in [0.25, 0.3) is 0 Å². The third kappa shape index (κ3) is 4.32. The van der Waals surface area contributed by atoms with Crippen LogP contribution in [0, 0.1) is 6.92 Å². The van der Waals surface area contributed by atoms with Gasteiger partial charge in [0.05, 0.1) is 13.2 Å². The zero-order chi connectivity index (χ0) is 18.5. The van der Waals surface area contributed by atoms with Crippen LogP contribution in [0.5, 0.6) is 0 Å². The molecule has 140 valence electrons. The summed E-state index contributed by atoms with van der Waals surface area (Å²) < 4.78 is 5.39. The summed E-state index contributed by atoms with van der Waals surface area (Å²) in [5, 5.41) is 8.86. The molecule has 0 aliphatic carbocycles. The van der Waals surface area contributed by atoms with Crippen LogP contribution in [0.3, 0.4) is 0 Å². The lowest BCUT2D eigenvalue weighted by Gasteiger charge is -2.26. The Labute approximate surface area is 158 Å². The van der Waals surface area contributed by atoms with Crippen LogP contribution >= 0.6 is 0 Å². The molecule has 0 unspecified atom stereocenters. The molecule has 27 heavy (non-hydrogen) atoms. The van der Waals surface area contributed by atoms with Crippen molar-refractivity contribution in [2.45, 2.75) is 6.92 Å². The van der Waals surface area contributed by atoms with Crippen molar-refractivity contribution < 1.29 is 4.74 Å². The second-order valence-corrected chi connectivity index (χ2v) is 6.61. The minimum atomic E-state index is 0.540. The monoisotopic (exact) mass is 364 g/mol. The molecule has 0 bridgehead atoms. The fraction of sp³-hybridized carbons (Fsp3) is 0.350. The maximum Gasteiger partial charge on any atom is 0.230 e. The van der Waals surface area contributed by atoms with E-state index in [1.807, 2.05) is 37.4 Å². The maximum absolute atomic E-state index is 5.39. The number of aryl methyl sites for hydroxylation is 1. The third-order valence-electron chi connectivity index (χ3n) is 4.70. The molecular weight excluding hydrogens is 340 g/mol. The number of anilines is 3. The van der Waals surface area contributed by atoms with Crippen molar-refractivity contribution in [2.24, 2.45) is 0 Å². The number of rotatable bonds is 6. The molecule has 0 radical (unpaired) electrons. The minimum Gasteiger partial charge on any atom is -0.379 e. The zero-order valence-electron chi connectivity index (χ0n) is 15.5. The molecular formula is C20H24N6O. The van der Waals surface area contributed by atoms with E-state index in [4.69, 9.17) is 4.74 Å². The molecule has 2 N–H and O–H groups in total. The predicted octanol–water partition coefficient (Wildman–Crippen LogP) is 2.82. The van der Waals surface area contributed by atoms with Crippen molar-refractivity contribution in [3.8, 4) is 0 Å². The molecule has 3 heterocycles. The Hall–Kier alpha value is -2.77. The molecule has 4 rings (SSSR count). The molecule has 1 fully saturated rings.